The fraction of sp³-hybridized carbons (Fsp3) is 0.759. The molecule has 4 N–H and O–H groups in total. The molecule has 7 aliphatic carbocycles. The topological polar surface area (TPSA) is 58.5 Å². The van der Waals surface area contributed by atoms with Gasteiger partial charge in [-0.15, -0.1) is 0 Å². The Bertz CT molecular complexity index is 1880. The SMILES string of the molecule is CC(C)(C)C1=CC=C2C(C1)C1CC(C(C)(C)C)CC=C1N2C1=C(N)C(C2C=CCCC2)C(N2C3CCC(C(C)(C)C)CC3C3CC(C(C)(C)C)CCC32)C(C2=CC=CCC2)C1N. The monoisotopic (exact) mass is 843 g/mol. The number of allylic oxidation sites excluding steroid dienone is 11. The fourth-order valence-corrected chi connectivity index (χ4v) is 15.6. The van der Waals surface area contributed by atoms with Gasteiger partial charge in [-0.1, -0.05) is 137 Å². The van der Waals surface area contributed by atoms with Crippen LogP contribution in [0.25, 0.3) is 0 Å². The van der Waals surface area contributed by atoms with Gasteiger partial charge < -0.3 is 16.4 Å². The molecule has 0 aromatic heterocycles. The molecule has 342 valence electrons. The van der Waals surface area contributed by atoms with E-state index in [1.165, 1.54) is 81.3 Å². The largest absolute Gasteiger partial charge is 0.400 e. The Morgan fingerprint density at radius 1 is 0.645 bits per heavy atom. The third-order valence-electron chi connectivity index (χ3n) is 19.4. The van der Waals surface area contributed by atoms with Crippen molar-refractivity contribution in [2.24, 2.45) is 92.3 Å². The molecule has 4 heteroatoms. The molecule has 2 aliphatic heterocycles. The third-order valence-corrected chi connectivity index (χ3v) is 19.4. The lowest BCUT2D eigenvalue weighted by atomic mass is 9.61. The molecular weight excluding hydrogens is 753 g/mol. The lowest BCUT2D eigenvalue weighted by molar-refractivity contribution is -0.00409. The Hall–Kier alpha value is -2.30. The van der Waals surface area contributed by atoms with E-state index in [9.17, 15) is 0 Å². The molecule has 0 aromatic rings. The molecule has 0 amide bonds. The van der Waals surface area contributed by atoms with E-state index in [1.54, 1.807) is 11.1 Å². The second-order valence-corrected chi connectivity index (χ2v) is 26.8. The van der Waals surface area contributed by atoms with Gasteiger partial charge in [-0.2, -0.15) is 0 Å². The van der Waals surface area contributed by atoms with Crippen LogP contribution in [0.1, 0.15) is 173 Å². The van der Waals surface area contributed by atoms with Crippen LogP contribution in [0.2, 0.25) is 0 Å². The van der Waals surface area contributed by atoms with Crippen LogP contribution in [0, 0.1) is 80.8 Å². The van der Waals surface area contributed by atoms with E-state index in [2.05, 4.69) is 141 Å². The van der Waals surface area contributed by atoms with E-state index in [0.717, 1.165) is 55.1 Å². The molecule has 14 atom stereocenters. The summed E-state index contributed by atoms with van der Waals surface area (Å²) < 4.78 is 0. The third kappa shape index (κ3) is 7.85. The van der Waals surface area contributed by atoms with Crippen LogP contribution in [0.5, 0.6) is 0 Å². The second-order valence-electron chi connectivity index (χ2n) is 26.8. The van der Waals surface area contributed by atoms with Gasteiger partial charge in [0.2, 0.25) is 0 Å². The number of hydrogen-bond donors (Lipinski definition) is 2. The van der Waals surface area contributed by atoms with Crippen LogP contribution in [-0.2, 0) is 0 Å². The first kappa shape index (κ1) is 44.9. The van der Waals surface area contributed by atoms with Crippen molar-refractivity contribution in [2.75, 3.05) is 0 Å². The molecule has 4 nitrogen and oxygen atoms in total. The first-order chi connectivity index (χ1) is 29.1. The summed E-state index contributed by atoms with van der Waals surface area (Å²) >= 11 is 0. The molecule has 0 bridgehead atoms. The van der Waals surface area contributed by atoms with Gasteiger partial charge in [-0.25, -0.2) is 0 Å². The van der Waals surface area contributed by atoms with Gasteiger partial charge in [0.15, 0.2) is 0 Å². The molecule has 0 radical (unpaired) electrons. The minimum Gasteiger partial charge on any atom is -0.400 e. The van der Waals surface area contributed by atoms with E-state index in [4.69, 9.17) is 11.5 Å². The predicted octanol–water partition coefficient (Wildman–Crippen LogP) is 13.9. The van der Waals surface area contributed by atoms with Crippen LogP contribution in [0.3, 0.4) is 0 Å². The number of nitrogens with zero attached hydrogens (tertiary/aromatic N) is 2. The van der Waals surface area contributed by atoms with Crippen molar-refractivity contribution < 1.29 is 0 Å². The van der Waals surface area contributed by atoms with Crippen molar-refractivity contribution >= 4 is 0 Å². The molecule has 0 spiro atoms. The molecule has 2 heterocycles. The molecule has 2 saturated carbocycles. The Morgan fingerprint density at radius 2 is 1.29 bits per heavy atom. The summed E-state index contributed by atoms with van der Waals surface area (Å²) in [5, 5.41) is 0. The maximum absolute atomic E-state index is 8.25. The lowest BCUT2D eigenvalue weighted by Crippen LogP contribution is -2.63. The summed E-state index contributed by atoms with van der Waals surface area (Å²) in [5.74, 6) is 5.63. The maximum Gasteiger partial charge on any atom is 0.0591 e. The quantitative estimate of drug-likeness (QED) is 0.277. The van der Waals surface area contributed by atoms with Gasteiger partial charge in [0, 0.05) is 58.9 Å². The molecule has 9 rings (SSSR count). The summed E-state index contributed by atoms with van der Waals surface area (Å²) in [4.78, 5) is 6.01. The van der Waals surface area contributed by atoms with Gasteiger partial charge >= 0.3 is 0 Å². The zero-order valence-electron chi connectivity index (χ0n) is 41.7. The first-order valence-corrected chi connectivity index (χ1v) is 26.1. The van der Waals surface area contributed by atoms with Gasteiger partial charge in [-0.05, 0) is 153 Å². The number of likely N-dealkylation sites (tertiary alicyclic amines) is 2. The Morgan fingerprint density at radius 3 is 1.84 bits per heavy atom. The molecule has 0 aromatic carbocycles. The standard InChI is InChI=1S/C58H90N4/c1-55(2,3)37-23-27-45-41(31-37)42-32-38(56(4,5)6)24-28-46(42)61(45)53-49(35-19-15-13-16-20-35)51(59)54(52(60)50(53)36-21-17-14-18-22-36)62-47-29-25-39(57(7,8)9)33-43(47)44-34-40(58(10,11)12)26-30-48(44)62/h13,15,17,19,21,25,29-30,36-38,40-46,49-51,53H,14,16,18,20,22-24,26-28,31-34,59-60H2,1-12H3. The van der Waals surface area contributed by atoms with Crippen molar-refractivity contribution in [1.82, 2.24) is 9.80 Å². The van der Waals surface area contributed by atoms with Crippen LogP contribution >= 0.6 is 0 Å². The molecule has 62 heavy (non-hydrogen) atoms. The van der Waals surface area contributed by atoms with Gasteiger partial charge in [0.1, 0.15) is 0 Å². The van der Waals surface area contributed by atoms with Crippen molar-refractivity contribution in [3.63, 3.8) is 0 Å². The minimum absolute atomic E-state index is 0.151. The highest BCUT2D eigenvalue weighted by Crippen LogP contribution is 2.62. The van der Waals surface area contributed by atoms with E-state index in [0.29, 0.717) is 52.6 Å². The number of fused-ring (bicyclic) bond motifs is 6. The van der Waals surface area contributed by atoms with E-state index < -0.39 is 0 Å². The number of rotatable bonds is 4. The highest BCUT2D eigenvalue weighted by molar-refractivity contribution is 5.47. The smallest absolute Gasteiger partial charge is 0.0591 e. The van der Waals surface area contributed by atoms with Crippen LogP contribution in [0.4, 0.5) is 0 Å². The Balaban J connectivity index is 1.23. The average molecular weight is 843 g/mol. The molecule has 14 unspecified atom stereocenters. The van der Waals surface area contributed by atoms with Gasteiger partial charge in [0.25, 0.3) is 0 Å². The zero-order valence-corrected chi connectivity index (χ0v) is 41.7. The van der Waals surface area contributed by atoms with E-state index in [1.807, 2.05) is 0 Å². The van der Waals surface area contributed by atoms with Gasteiger partial charge in [0.05, 0.1) is 11.7 Å². The summed E-state index contributed by atoms with van der Waals surface area (Å²) in [6, 6.07) is 1.38. The van der Waals surface area contributed by atoms with Crippen molar-refractivity contribution in [3.8, 4) is 0 Å². The number of hydrogen-bond acceptors (Lipinski definition) is 4. The Kier molecular flexibility index (Phi) is 11.8. The normalized spacial score (nSPS) is 40.6. The average Bonchev–Trinajstić information content (AvgIpc) is 3.71. The molecule has 4 fully saturated rings. The summed E-state index contributed by atoms with van der Waals surface area (Å²) in [5.41, 5.74) is 26.2. The number of nitrogens with two attached hydrogens (primary N) is 2. The molecule has 2 saturated heterocycles. The van der Waals surface area contributed by atoms with Gasteiger partial charge in [-0.3, -0.25) is 4.90 Å². The van der Waals surface area contributed by atoms with Crippen molar-refractivity contribution in [2.45, 2.75) is 197 Å². The van der Waals surface area contributed by atoms with Crippen molar-refractivity contribution in [3.05, 3.63) is 82.5 Å². The fourth-order valence-electron chi connectivity index (χ4n) is 15.6. The highest BCUT2D eigenvalue weighted by atomic mass is 15.3. The van der Waals surface area contributed by atoms with Crippen LogP contribution < -0.4 is 11.5 Å². The summed E-state index contributed by atoms with van der Waals surface area (Å²) in [6.45, 7) is 29.8. The lowest BCUT2D eigenvalue weighted by Gasteiger charge is -2.56. The molecular formula is C58H90N4. The van der Waals surface area contributed by atoms with Crippen molar-refractivity contribution in [1.29, 1.82) is 0 Å². The first-order valence-electron chi connectivity index (χ1n) is 26.1. The predicted molar refractivity (Wildman–Crippen MR) is 262 cm³/mol. The minimum atomic E-state index is -0.162. The van der Waals surface area contributed by atoms with E-state index >= 15 is 0 Å². The zero-order chi connectivity index (χ0) is 44.3. The van der Waals surface area contributed by atoms with Crippen LogP contribution in [-0.4, -0.2) is 34.0 Å². The Labute approximate surface area is 380 Å². The summed E-state index contributed by atoms with van der Waals surface area (Å²) in [6.07, 6.45) is 37.7. The van der Waals surface area contributed by atoms with Crippen LogP contribution in [0.15, 0.2) is 82.5 Å². The summed E-state index contributed by atoms with van der Waals surface area (Å²) in [7, 11) is 0. The second kappa shape index (κ2) is 16.2. The maximum atomic E-state index is 8.25. The molecule has 9 aliphatic rings. The highest BCUT2D eigenvalue weighted by Gasteiger charge is 2.61. The van der Waals surface area contributed by atoms with E-state index in [-0.39, 0.29) is 28.7 Å².